The van der Waals surface area contributed by atoms with Gasteiger partial charge in [0, 0.05) is 25.4 Å². The zero-order valence-corrected chi connectivity index (χ0v) is 54.0. The van der Waals surface area contributed by atoms with Crippen LogP contribution in [-0.4, -0.2) is 136 Å². The molecule has 2 heterocycles. The van der Waals surface area contributed by atoms with Crippen LogP contribution in [0.15, 0.2) is 25.3 Å². The van der Waals surface area contributed by atoms with Crippen LogP contribution in [-0.2, 0) is 85.6 Å². The molecule has 0 aromatic carbocycles. The Morgan fingerprint density at radius 3 is 1.14 bits per heavy atom. The van der Waals surface area contributed by atoms with Gasteiger partial charge in [0.2, 0.25) is 0 Å². The molecule has 10 atom stereocenters. The van der Waals surface area contributed by atoms with Crippen molar-refractivity contribution in [2.45, 2.75) is 294 Å². The molecule has 8 rings (SSSR count). The van der Waals surface area contributed by atoms with Crippen molar-refractivity contribution < 1.29 is 85.6 Å². The normalized spacial score (nSPS) is 31.7. The number of carbonyl (C=O) groups excluding carboxylic acids is 6. The van der Waals surface area contributed by atoms with Gasteiger partial charge in [0.1, 0.15) is 12.2 Å². The molecular formula is C70H110O18. The van der Waals surface area contributed by atoms with Crippen LogP contribution in [0.25, 0.3) is 0 Å². The molecule has 8 aliphatic rings. The average molecular weight is 1240 g/mol. The molecule has 0 amide bonds. The topological polar surface area (TPSA) is 213 Å². The molecule has 0 radical (unpaired) electrons. The zero-order chi connectivity index (χ0) is 62.5. The second-order valence-corrected chi connectivity index (χ2v) is 28.3. The molecule has 0 N–H and O–H groups in total. The van der Waals surface area contributed by atoms with Crippen LogP contribution in [0.2, 0.25) is 0 Å². The van der Waals surface area contributed by atoms with Gasteiger partial charge in [-0.2, -0.15) is 0 Å². The van der Waals surface area contributed by atoms with Gasteiger partial charge in [0.15, 0.2) is 24.8 Å². The summed E-state index contributed by atoms with van der Waals surface area (Å²) in [6, 6.07) is 0. The molecule has 10 unspecified atom stereocenters. The van der Waals surface area contributed by atoms with E-state index in [1.54, 1.807) is 0 Å². The lowest BCUT2D eigenvalue weighted by molar-refractivity contribution is -0.250. The lowest BCUT2D eigenvalue weighted by atomic mass is 9.69. The number of carbonyl (C=O) groups is 6. The fourth-order valence-electron chi connectivity index (χ4n) is 15.3. The predicted octanol–water partition coefficient (Wildman–Crippen LogP) is 12.7. The Balaban J connectivity index is 0.940. The van der Waals surface area contributed by atoms with E-state index < -0.39 is 83.9 Å². The lowest BCUT2D eigenvalue weighted by Gasteiger charge is -2.42. The van der Waals surface area contributed by atoms with Crippen molar-refractivity contribution >= 4 is 35.8 Å². The highest BCUT2D eigenvalue weighted by molar-refractivity contribution is 5.81. The van der Waals surface area contributed by atoms with Crippen LogP contribution in [0.4, 0.5) is 0 Å². The summed E-state index contributed by atoms with van der Waals surface area (Å²) in [5.41, 5.74) is -1.56. The number of esters is 6. The molecule has 6 aliphatic carbocycles. The van der Waals surface area contributed by atoms with Gasteiger partial charge in [-0.3, -0.25) is 19.2 Å². The fraction of sp³-hybridized carbons (Fsp3) is 0.857. The van der Waals surface area contributed by atoms with Gasteiger partial charge in [-0.05, 0) is 180 Å². The summed E-state index contributed by atoms with van der Waals surface area (Å²) in [4.78, 5) is 82.1. The summed E-state index contributed by atoms with van der Waals surface area (Å²) in [5, 5.41) is 0. The van der Waals surface area contributed by atoms with Crippen molar-refractivity contribution in [2.24, 2.45) is 47.3 Å². The summed E-state index contributed by atoms with van der Waals surface area (Å²) in [6.45, 7) is 16.8. The SMILES string of the molecule is C=CC(=O)OCCCCCCOC1CCC(C(=O)OC2CCC(C3CCCCC3)CC2C(=O)OC(C2OCC(C)(C)O2)C(OC(=O)C2CC(C3CCCCC3)CCC2OC(=O)C2CCC(OCCCCCCOC(=O)C=C)CC2)C2OCC(C)(C)O2)CC1. The Bertz CT molecular complexity index is 2050. The first-order valence-electron chi connectivity index (χ1n) is 34.7. The third-order valence-corrected chi connectivity index (χ3v) is 20.5. The maximum Gasteiger partial charge on any atom is 0.330 e. The van der Waals surface area contributed by atoms with E-state index in [4.69, 9.17) is 56.8 Å². The van der Waals surface area contributed by atoms with E-state index in [9.17, 15) is 19.2 Å². The maximum absolute atomic E-state index is 15.5. The van der Waals surface area contributed by atoms with Crippen LogP contribution in [0.1, 0.15) is 233 Å². The van der Waals surface area contributed by atoms with Gasteiger partial charge >= 0.3 is 35.8 Å². The molecule has 0 aromatic heterocycles. The van der Waals surface area contributed by atoms with Gasteiger partial charge in [0.05, 0.1) is 73.5 Å². The van der Waals surface area contributed by atoms with Crippen molar-refractivity contribution in [3.8, 4) is 0 Å². The minimum Gasteiger partial charge on any atom is -0.463 e. The van der Waals surface area contributed by atoms with Crippen molar-refractivity contribution in [3.63, 3.8) is 0 Å². The molecule has 0 bridgehead atoms. The van der Waals surface area contributed by atoms with Gasteiger partial charge < -0.3 is 56.8 Å². The smallest absolute Gasteiger partial charge is 0.330 e. The van der Waals surface area contributed by atoms with Crippen LogP contribution in [0.5, 0.6) is 0 Å². The molecule has 0 spiro atoms. The fourth-order valence-corrected chi connectivity index (χ4v) is 15.3. The van der Waals surface area contributed by atoms with Gasteiger partial charge in [-0.1, -0.05) is 90.2 Å². The van der Waals surface area contributed by atoms with Gasteiger partial charge in [-0.15, -0.1) is 0 Å². The lowest BCUT2D eigenvalue weighted by Crippen LogP contribution is -2.54. The molecule has 0 aromatic rings. The van der Waals surface area contributed by atoms with E-state index in [0.29, 0.717) is 89.6 Å². The molecule has 6 saturated carbocycles. The molecule has 88 heavy (non-hydrogen) atoms. The number of ether oxygens (including phenoxy) is 12. The van der Waals surface area contributed by atoms with Crippen LogP contribution < -0.4 is 0 Å². The number of hydrogen-bond donors (Lipinski definition) is 0. The molecule has 2 aliphatic heterocycles. The highest BCUT2D eigenvalue weighted by Crippen LogP contribution is 2.46. The minimum atomic E-state index is -1.36. The highest BCUT2D eigenvalue weighted by atomic mass is 16.8. The van der Waals surface area contributed by atoms with Gasteiger partial charge in [-0.25, -0.2) is 9.59 Å². The molecular weight excluding hydrogens is 1130 g/mol. The van der Waals surface area contributed by atoms with Gasteiger partial charge in [0.25, 0.3) is 0 Å². The monoisotopic (exact) mass is 1240 g/mol. The summed E-state index contributed by atoms with van der Waals surface area (Å²) in [6.07, 6.45) is 23.7. The Hall–Kier alpha value is -3.94. The van der Waals surface area contributed by atoms with E-state index in [2.05, 4.69) is 13.2 Å². The standard InChI is InChI=1S/C70H110O18/c1-7-59(71)79-41-21-11-9-19-39-77-53-33-27-49(28-34-53)63(73)83-57-37-31-51(47-23-15-13-16-24-47)43-55(57)65(75)85-61(67-81-45-69(3,4)87-67)62(68-82-46-70(5,6)88-68)86-66(76)56-44-52(48-25-17-14-18-26-48)32-38-58(56)84-64(74)50-29-35-54(36-30-50)78-40-20-10-12-22-42-80-60(72)8-2/h7-8,47-58,61-62,67-68H,1-2,9-46H2,3-6H3. The summed E-state index contributed by atoms with van der Waals surface area (Å²) in [7, 11) is 0. The summed E-state index contributed by atoms with van der Waals surface area (Å²) < 4.78 is 75.1. The summed E-state index contributed by atoms with van der Waals surface area (Å²) >= 11 is 0. The summed E-state index contributed by atoms with van der Waals surface area (Å²) in [5.74, 6) is -3.39. The van der Waals surface area contributed by atoms with Crippen LogP contribution in [0.3, 0.4) is 0 Å². The third kappa shape index (κ3) is 21.6. The molecule has 18 nitrogen and oxygen atoms in total. The zero-order valence-electron chi connectivity index (χ0n) is 54.0. The molecule has 8 fully saturated rings. The Morgan fingerprint density at radius 2 is 0.795 bits per heavy atom. The van der Waals surface area contributed by atoms with E-state index >= 15 is 9.59 Å². The quantitative estimate of drug-likeness (QED) is 0.0273. The average Bonchev–Trinajstić information content (AvgIpc) is 3.66. The van der Waals surface area contributed by atoms with Crippen LogP contribution in [0, 0.1) is 47.3 Å². The molecule has 18 heteroatoms. The molecule has 498 valence electrons. The maximum atomic E-state index is 15.5. The number of hydrogen-bond acceptors (Lipinski definition) is 18. The van der Waals surface area contributed by atoms with Crippen molar-refractivity contribution in [1.82, 2.24) is 0 Å². The largest absolute Gasteiger partial charge is 0.463 e. The van der Waals surface area contributed by atoms with Crippen molar-refractivity contribution in [1.29, 1.82) is 0 Å². The first-order chi connectivity index (χ1) is 42.5. The van der Waals surface area contributed by atoms with E-state index in [-0.39, 0.29) is 61.0 Å². The predicted molar refractivity (Wildman–Crippen MR) is 327 cm³/mol. The van der Waals surface area contributed by atoms with Crippen LogP contribution >= 0.6 is 0 Å². The Labute approximate surface area is 525 Å². The number of unbranched alkanes of at least 4 members (excludes halogenated alkanes) is 6. The van der Waals surface area contributed by atoms with Crippen molar-refractivity contribution in [2.75, 3.05) is 39.6 Å². The minimum absolute atomic E-state index is 0.0607. The Kier molecular flexibility index (Phi) is 28.0. The first-order valence-corrected chi connectivity index (χ1v) is 34.7. The van der Waals surface area contributed by atoms with E-state index in [0.717, 1.165) is 141 Å². The second-order valence-electron chi connectivity index (χ2n) is 28.3. The van der Waals surface area contributed by atoms with Crippen molar-refractivity contribution in [3.05, 3.63) is 25.3 Å². The highest BCUT2D eigenvalue weighted by Gasteiger charge is 2.54. The first kappa shape index (κ1) is 69.9. The van der Waals surface area contributed by atoms with E-state index in [1.807, 2.05) is 27.7 Å². The third-order valence-electron chi connectivity index (χ3n) is 20.5. The molecule has 2 saturated heterocycles. The number of rotatable bonds is 31. The second kappa shape index (κ2) is 35.2. The van der Waals surface area contributed by atoms with E-state index in [1.165, 1.54) is 25.0 Å². The Morgan fingerprint density at radius 1 is 0.432 bits per heavy atom.